The molecule has 1 amide bonds. The predicted molar refractivity (Wildman–Crippen MR) is 114 cm³/mol. The lowest BCUT2D eigenvalue weighted by Crippen LogP contribution is -2.19. The SMILES string of the molecule is Cc1cc(NC(=O)c2ccc(OCc3ccccc3)cc2)n(C2CCS(=O)(=O)C2)n1. The van der Waals surface area contributed by atoms with Crippen LogP contribution in [0.2, 0.25) is 0 Å². The first kappa shape index (κ1) is 20.2. The van der Waals surface area contributed by atoms with Crippen molar-refractivity contribution in [3.05, 3.63) is 77.5 Å². The zero-order valence-electron chi connectivity index (χ0n) is 16.6. The van der Waals surface area contributed by atoms with E-state index < -0.39 is 9.84 Å². The van der Waals surface area contributed by atoms with Crippen molar-refractivity contribution in [2.24, 2.45) is 0 Å². The minimum absolute atomic E-state index is 0.0461. The van der Waals surface area contributed by atoms with Crippen molar-refractivity contribution >= 4 is 21.6 Å². The second kappa shape index (κ2) is 8.31. The van der Waals surface area contributed by atoms with Gasteiger partial charge in [0.2, 0.25) is 0 Å². The van der Waals surface area contributed by atoms with Gasteiger partial charge in [-0.3, -0.25) is 4.79 Å². The lowest BCUT2D eigenvalue weighted by Gasteiger charge is -2.14. The summed E-state index contributed by atoms with van der Waals surface area (Å²) >= 11 is 0. The fraction of sp³-hybridized carbons (Fsp3) is 0.273. The molecule has 0 bridgehead atoms. The Bertz CT molecular complexity index is 1140. The summed E-state index contributed by atoms with van der Waals surface area (Å²) in [5, 5.41) is 7.24. The highest BCUT2D eigenvalue weighted by molar-refractivity contribution is 7.91. The van der Waals surface area contributed by atoms with Crippen molar-refractivity contribution in [2.75, 3.05) is 16.8 Å². The van der Waals surface area contributed by atoms with Crippen LogP contribution in [0.15, 0.2) is 60.7 Å². The molecule has 2 aromatic carbocycles. The number of aromatic nitrogens is 2. The smallest absolute Gasteiger partial charge is 0.256 e. The molecule has 8 heteroatoms. The number of hydrogen-bond donors (Lipinski definition) is 1. The van der Waals surface area contributed by atoms with Crippen molar-refractivity contribution in [2.45, 2.75) is 26.0 Å². The van der Waals surface area contributed by atoms with E-state index in [0.29, 0.717) is 30.2 Å². The molecule has 1 aliphatic heterocycles. The van der Waals surface area contributed by atoms with Crippen molar-refractivity contribution in [1.82, 2.24) is 9.78 Å². The molecule has 1 aromatic heterocycles. The maximum atomic E-state index is 12.7. The second-order valence-corrected chi connectivity index (χ2v) is 9.65. The summed E-state index contributed by atoms with van der Waals surface area (Å²) in [5.41, 5.74) is 2.27. The van der Waals surface area contributed by atoms with Crippen LogP contribution in [-0.4, -0.2) is 35.6 Å². The first-order valence-electron chi connectivity index (χ1n) is 9.74. The van der Waals surface area contributed by atoms with Crippen molar-refractivity contribution < 1.29 is 17.9 Å². The third-order valence-electron chi connectivity index (χ3n) is 5.02. The summed E-state index contributed by atoms with van der Waals surface area (Å²) in [6.07, 6.45) is 0.500. The van der Waals surface area contributed by atoms with Crippen molar-refractivity contribution in [3.8, 4) is 5.75 Å². The predicted octanol–water partition coefficient (Wildman–Crippen LogP) is 3.38. The number of hydrogen-bond acceptors (Lipinski definition) is 5. The number of rotatable bonds is 6. The third kappa shape index (κ3) is 4.71. The van der Waals surface area contributed by atoms with E-state index in [1.165, 1.54) is 0 Å². The van der Waals surface area contributed by atoms with Crippen LogP contribution in [0.1, 0.15) is 34.1 Å². The summed E-state index contributed by atoms with van der Waals surface area (Å²) in [4.78, 5) is 12.7. The van der Waals surface area contributed by atoms with Gasteiger partial charge in [0.15, 0.2) is 9.84 Å². The van der Waals surface area contributed by atoms with E-state index >= 15 is 0 Å². The molecule has 1 saturated heterocycles. The van der Waals surface area contributed by atoms with E-state index in [9.17, 15) is 13.2 Å². The molecule has 0 radical (unpaired) electrons. The normalized spacial score (nSPS) is 17.6. The van der Waals surface area contributed by atoms with Crippen LogP contribution in [-0.2, 0) is 16.4 Å². The van der Waals surface area contributed by atoms with E-state index in [4.69, 9.17) is 4.74 Å². The average molecular weight is 426 g/mol. The van der Waals surface area contributed by atoms with Crippen LogP contribution in [0.5, 0.6) is 5.75 Å². The molecule has 30 heavy (non-hydrogen) atoms. The van der Waals surface area contributed by atoms with Crippen LogP contribution >= 0.6 is 0 Å². The molecule has 0 aliphatic carbocycles. The molecule has 1 aliphatic rings. The number of carbonyl (C=O) groups excluding carboxylic acids is 1. The highest BCUT2D eigenvalue weighted by Crippen LogP contribution is 2.27. The molecule has 1 unspecified atom stereocenters. The second-order valence-electron chi connectivity index (χ2n) is 7.43. The third-order valence-corrected chi connectivity index (χ3v) is 6.77. The van der Waals surface area contributed by atoms with Gasteiger partial charge in [0.25, 0.3) is 5.91 Å². The molecule has 7 nitrogen and oxygen atoms in total. The van der Waals surface area contributed by atoms with Crippen molar-refractivity contribution in [1.29, 1.82) is 0 Å². The van der Waals surface area contributed by atoms with Gasteiger partial charge in [0, 0.05) is 11.6 Å². The Morgan fingerprint density at radius 3 is 2.57 bits per heavy atom. The van der Waals surface area contributed by atoms with Gasteiger partial charge >= 0.3 is 0 Å². The Morgan fingerprint density at radius 2 is 1.90 bits per heavy atom. The highest BCUT2D eigenvalue weighted by Gasteiger charge is 2.31. The minimum Gasteiger partial charge on any atom is -0.489 e. The molecular weight excluding hydrogens is 402 g/mol. The van der Waals surface area contributed by atoms with Crippen LogP contribution in [0.3, 0.4) is 0 Å². The quantitative estimate of drug-likeness (QED) is 0.654. The number of nitrogens with one attached hydrogen (secondary N) is 1. The van der Waals surface area contributed by atoms with Gasteiger partial charge in [0.1, 0.15) is 18.2 Å². The summed E-state index contributed by atoms with van der Waals surface area (Å²) in [7, 11) is -3.05. The Kier molecular flexibility index (Phi) is 5.59. The molecule has 0 saturated carbocycles. The van der Waals surface area contributed by atoms with Gasteiger partial charge in [-0.1, -0.05) is 30.3 Å². The zero-order chi connectivity index (χ0) is 21.1. The standard InChI is InChI=1S/C22H23N3O4S/c1-16-13-21(25(24-16)19-11-12-30(27,28)15-19)23-22(26)18-7-9-20(10-8-18)29-14-17-5-3-2-4-6-17/h2-10,13,19H,11-12,14-15H2,1H3,(H,23,26). The van der Waals surface area contributed by atoms with Gasteiger partial charge < -0.3 is 10.1 Å². The number of benzene rings is 2. The highest BCUT2D eigenvalue weighted by atomic mass is 32.2. The number of carbonyl (C=O) groups is 1. The number of aryl methyl sites for hydroxylation is 1. The van der Waals surface area contributed by atoms with E-state index in [1.807, 2.05) is 37.3 Å². The molecule has 3 aromatic rings. The lowest BCUT2D eigenvalue weighted by molar-refractivity contribution is 0.102. The Balaban J connectivity index is 1.42. The summed E-state index contributed by atoms with van der Waals surface area (Å²) in [6, 6.07) is 18.2. The fourth-order valence-corrected chi connectivity index (χ4v) is 5.18. The molecule has 1 N–H and O–H groups in total. The minimum atomic E-state index is -3.05. The first-order chi connectivity index (χ1) is 14.4. The molecular formula is C22H23N3O4S. The van der Waals surface area contributed by atoms with Gasteiger partial charge in [-0.25, -0.2) is 13.1 Å². The van der Waals surface area contributed by atoms with Gasteiger partial charge in [-0.15, -0.1) is 0 Å². The number of amides is 1. The Labute approximate surface area is 175 Å². The molecule has 1 fully saturated rings. The Morgan fingerprint density at radius 1 is 1.17 bits per heavy atom. The van der Waals surface area contributed by atoms with Crippen LogP contribution in [0, 0.1) is 6.92 Å². The lowest BCUT2D eigenvalue weighted by atomic mass is 10.2. The molecule has 0 spiro atoms. The van der Waals surface area contributed by atoms with E-state index in [-0.39, 0.29) is 23.5 Å². The van der Waals surface area contributed by atoms with E-state index in [1.54, 1.807) is 35.0 Å². The average Bonchev–Trinajstić information content (AvgIpc) is 3.28. The van der Waals surface area contributed by atoms with E-state index in [0.717, 1.165) is 11.3 Å². The molecule has 1 atom stereocenters. The summed E-state index contributed by atoms with van der Waals surface area (Å²) in [6.45, 7) is 2.27. The number of sulfone groups is 1. The number of nitrogens with zero attached hydrogens (tertiary/aromatic N) is 2. The van der Waals surface area contributed by atoms with Gasteiger partial charge in [0.05, 0.1) is 23.2 Å². The summed E-state index contributed by atoms with van der Waals surface area (Å²) < 4.78 is 31.0. The largest absolute Gasteiger partial charge is 0.489 e. The Hall–Kier alpha value is -3.13. The molecule has 4 rings (SSSR count). The maximum absolute atomic E-state index is 12.7. The molecule has 2 heterocycles. The van der Waals surface area contributed by atoms with Gasteiger partial charge in [-0.2, -0.15) is 5.10 Å². The van der Waals surface area contributed by atoms with Crippen LogP contribution in [0.4, 0.5) is 5.82 Å². The van der Waals surface area contributed by atoms with Crippen molar-refractivity contribution in [3.63, 3.8) is 0 Å². The topological polar surface area (TPSA) is 90.3 Å². The van der Waals surface area contributed by atoms with Crippen LogP contribution in [0.25, 0.3) is 0 Å². The monoisotopic (exact) mass is 425 g/mol. The summed E-state index contributed by atoms with van der Waals surface area (Å²) in [5.74, 6) is 1.09. The first-order valence-corrected chi connectivity index (χ1v) is 11.6. The fourth-order valence-electron chi connectivity index (χ4n) is 3.49. The maximum Gasteiger partial charge on any atom is 0.256 e. The zero-order valence-corrected chi connectivity index (χ0v) is 17.4. The van der Waals surface area contributed by atoms with Gasteiger partial charge in [-0.05, 0) is 43.2 Å². The molecule has 156 valence electrons. The van der Waals surface area contributed by atoms with E-state index in [2.05, 4.69) is 10.4 Å². The number of anilines is 1. The number of ether oxygens (including phenoxy) is 1. The van der Waals surface area contributed by atoms with Crippen LogP contribution < -0.4 is 10.1 Å².